The average Bonchev–Trinajstić information content (AvgIpc) is 2.52. The quantitative estimate of drug-likeness (QED) is 0.653. The number of benzene rings is 2. The normalized spacial score (nSPS) is 20.8. The van der Waals surface area contributed by atoms with Gasteiger partial charge < -0.3 is 22.1 Å². The van der Waals surface area contributed by atoms with E-state index < -0.39 is 5.66 Å². The van der Waals surface area contributed by atoms with Gasteiger partial charge in [0.15, 0.2) is 0 Å². The molecule has 0 bridgehead atoms. The van der Waals surface area contributed by atoms with Gasteiger partial charge in [-0.25, -0.2) is 0 Å². The van der Waals surface area contributed by atoms with E-state index in [0.717, 1.165) is 22.8 Å². The van der Waals surface area contributed by atoms with Crippen LogP contribution in [0.25, 0.3) is 0 Å². The number of anilines is 2. The Hall–Kier alpha value is -2.72. The van der Waals surface area contributed by atoms with Crippen LogP contribution in [0.5, 0.6) is 0 Å². The molecule has 0 aliphatic heterocycles. The molecule has 1 unspecified atom stereocenters. The summed E-state index contributed by atoms with van der Waals surface area (Å²) in [6, 6.07) is 19.9. The number of hydrogen-bond donors (Lipinski definition) is 4. The van der Waals surface area contributed by atoms with E-state index in [4.69, 9.17) is 11.5 Å². The van der Waals surface area contributed by atoms with Crippen molar-refractivity contribution in [3.8, 4) is 0 Å². The molecule has 0 fully saturated rings. The number of nitrogens with one attached hydrogen (secondary N) is 2. The first-order valence-electron chi connectivity index (χ1n) is 7.27. The molecule has 2 aromatic rings. The molecule has 0 saturated heterocycles. The highest BCUT2D eigenvalue weighted by atomic mass is 15.2. The number of allylic oxidation sites excluding steroid dienone is 2. The second-order valence-corrected chi connectivity index (χ2v) is 5.45. The number of para-hydroxylation sites is 2. The maximum atomic E-state index is 6.61. The topological polar surface area (TPSA) is 76.1 Å². The van der Waals surface area contributed by atoms with Crippen molar-refractivity contribution in [1.82, 2.24) is 0 Å². The lowest BCUT2D eigenvalue weighted by molar-refractivity contribution is 0.553. The van der Waals surface area contributed by atoms with Gasteiger partial charge in [0, 0.05) is 23.5 Å². The van der Waals surface area contributed by atoms with Crippen LogP contribution in [0.2, 0.25) is 0 Å². The minimum absolute atomic E-state index is 0.535. The van der Waals surface area contributed by atoms with Crippen molar-refractivity contribution in [3.05, 3.63) is 84.2 Å². The summed E-state index contributed by atoms with van der Waals surface area (Å²) in [4.78, 5) is 0. The highest BCUT2D eigenvalue weighted by Gasteiger charge is 2.32. The Balaban J connectivity index is 1.87. The number of nitrogens with two attached hydrogens (primary N) is 2. The lowest BCUT2D eigenvalue weighted by Gasteiger charge is -2.36. The van der Waals surface area contributed by atoms with E-state index in [0.29, 0.717) is 6.42 Å². The Morgan fingerprint density at radius 3 is 2.05 bits per heavy atom. The third-order valence-electron chi connectivity index (χ3n) is 3.62. The summed E-state index contributed by atoms with van der Waals surface area (Å²) in [5.41, 5.74) is 15.4. The molecule has 1 atom stereocenters. The molecule has 0 amide bonds. The lowest BCUT2D eigenvalue weighted by atomic mass is 9.94. The summed E-state index contributed by atoms with van der Waals surface area (Å²) in [6.07, 6.45) is 4.36. The van der Waals surface area contributed by atoms with E-state index in [2.05, 4.69) is 10.6 Å². The Kier molecular flexibility index (Phi) is 3.85. The molecule has 4 heteroatoms. The smallest absolute Gasteiger partial charge is 0.133 e. The molecular weight excluding hydrogens is 272 g/mol. The van der Waals surface area contributed by atoms with E-state index >= 15 is 0 Å². The van der Waals surface area contributed by atoms with Gasteiger partial charge in [-0.15, -0.1) is 0 Å². The first kappa shape index (κ1) is 14.2. The zero-order valence-electron chi connectivity index (χ0n) is 12.3. The highest BCUT2D eigenvalue weighted by Crippen LogP contribution is 2.28. The van der Waals surface area contributed by atoms with Gasteiger partial charge in [0.05, 0.1) is 5.70 Å². The van der Waals surface area contributed by atoms with Crippen molar-refractivity contribution in [2.75, 3.05) is 10.6 Å². The van der Waals surface area contributed by atoms with Crippen molar-refractivity contribution in [3.63, 3.8) is 0 Å². The minimum Gasteiger partial charge on any atom is -0.402 e. The van der Waals surface area contributed by atoms with Crippen LogP contribution in [0.4, 0.5) is 11.4 Å². The zero-order valence-corrected chi connectivity index (χ0v) is 12.3. The summed E-state index contributed by atoms with van der Waals surface area (Å²) >= 11 is 0. The largest absolute Gasteiger partial charge is 0.402 e. The molecule has 2 aromatic carbocycles. The van der Waals surface area contributed by atoms with E-state index in [9.17, 15) is 0 Å². The Bertz CT molecular complexity index is 692. The van der Waals surface area contributed by atoms with Crippen LogP contribution < -0.4 is 22.1 Å². The van der Waals surface area contributed by atoms with Crippen LogP contribution in [-0.4, -0.2) is 5.66 Å². The molecule has 1 aliphatic rings. The SMILES string of the molecule is NC1=CC=C(Nc2ccccc2)C(N)(Nc2ccccc2)C1. The summed E-state index contributed by atoms with van der Waals surface area (Å²) in [5.74, 6) is 0. The molecule has 0 heterocycles. The standard InChI is InChI=1S/C18H20N4/c19-14-11-12-17(21-15-7-3-1-4-8-15)18(20,13-14)22-16-9-5-2-6-10-16/h1-12,21-22H,13,19-20H2. The molecule has 4 nitrogen and oxygen atoms in total. The van der Waals surface area contributed by atoms with Crippen LogP contribution in [-0.2, 0) is 0 Å². The molecular formula is C18H20N4. The maximum absolute atomic E-state index is 6.61. The molecule has 0 radical (unpaired) electrons. The van der Waals surface area contributed by atoms with Gasteiger partial charge in [0.25, 0.3) is 0 Å². The summed E-state index contributed by atoms with van der Waals surface area (Å²) in [5, 5.41) is 6.77. The lowest BCUT2D eigenvalue weighted by Crippen LogP contribution is -2.53. The van der Waals surface area contributed by atoms with Gasteiger partial charge in [0.1, 0.15) is 5.66 Å². The van der Waals surface area contributed by atoms with Gasteiger partial charge in [-0.1, -0.05) is 36.4 Å². The predicted octanol–water partition coefficient (Wildman–Crippen LogP) is 3.00. The molecule has 6 N–H and O–H groups in total. The number of hydrogen-bond acceptors (Lipinski definition) is 4. The van der Waals surface area contributed by atoms with Gasteiger partial charge >= 0.3 is 0 Å². The van der Waals surface area contributed by atoms with Crippen molar-refractivity contribution in [2.45, 2.75) is 12.1 Å². The van der Waals surface area contributed by atoms with Gasteiger partial charge in [0.2, 0.25) is 0 Å². The fourth-order valence-corrected chi connectivity index (χ4v) is 2.54. The second kappa shape index (κ2) is 5.95. The first-order chi connectivity index (χ1) is 10.7. The summed E-state index contributed by atoms with van der Waals surface area (Å²) in [7, 11) is 0. The van der Waals surface area contributed by atoms with Crippen LogP contribution in [0.1, 0.15) is 6.42 Å². The molecule has 112 valence electrons. The average molecular weight is 292 g/mol. The third kappa shape index (κ3) is 3.13. The van der Waals surface area contributed by atoms with Gasteiger partial charge in [-0.3, -0.25) is 0 Å². The molecule has 0 aromatic heterocycles. The van der Waals surface area contributed by atoms with E-state index in [1.54, 1.807) is 0 Å². The number of rotatable bonds is 4. The Morgan fingerprint density at radius 2 is 1.41 bits per heavy atom. The zero-order chi connectivity index (χ0) is 15.4. The van der Waals surface area contributed by atoms with Crippen molar-refractivity contribution in [1.29, 1.82) is 0 Å². The summed E-state index contributed by atoms with van der Waals surface area (Å²) in [6.45, 7) is 0. The fourth-order valence-electron chi connectivity index (χ4n) is 2.54. The molecule has 0 saturated carbocycles. The van der Waals surface area contributed by atoms with Crippen molar-refractivity contribution in [2.24, 2.45) is 11.5 Å². The Morgan fingerprint density at radius 1 is 0.818 bits per heavy atom. The van der Waals surface area contributed by atoms with Crippen LogP contribution in [0.15, 0.2) is 84.2 Å². The fraction of sp³-hybridized carbons (Fsp3) is 0.111. The monoisotopic (exact) mass is 292 g/mol. The van der Waals surface area contributed by atoms with Crippen molar-refractivity contribution < 1.29 is 0 Å². The Labute approximate surface area is 130 Å². The first-order valence-corrected chi connectivity index (χ1v) is 7.27. The second-order valence-electron chi connectivity index (χ2n) is 5.45. The molecule has 1 aliphatic carbocycles. The maximum Gasteiger partial charge on any atom is 0.133 e. The minimum atomic E-state index is -0.768. The van der Waals surface area contributed by atoms with E-state index in [1.165, 1.54) is 0 Å². The predicted molar refractivity (Wildman–Crippen MR) is 92.0 cm³/mol. The molecule has 22 heavy (non-hydrogen) atoms. The summed E-state index contributed by atoms with van der Waals surface area (Å²) < 4.78 is 0. The van der Waals surface area contributed by atoms with Crippen LogP contribution >= 0.6 is 0 Å². The van der Waals surface area contributed by atoms with Gasteiger partial charge in [-0.2, -0.15) is 0 Å². The van der Waals surface area contributed by atoms with E-state index in [1.807, 2.05) is 72.8 Å². The highest BCUT2D eigenvalue weighted by molar-refractivity contribution is 5.57. The van der Waals surface area contributed by atoms with Crippen LogP contribution in [0, 0.1) is 0 Å². The van der Waals surface area contributed by atoms with Crippen LogP contribution in [0.3, 0.4) is 0 Å². The van der Waals surface area contributed by atoms with E-state index in [-0.39, 0.29) is 0 Å². The third-order valence-corrected chi connectivity index (χ3v) is 3.62. The molecule has 3 rings (SSSR count). The molecule has 0 spiro atoms. The van der Waals surface area contributed by atoms with Crippen molar-refractivity contribution >= 4 is 11.4 Å². The van der Waals surface area contributed by atoms with Gasteiger partial charge in [-0.05, 0) is 36.4 Å².